The van der Waals surface area contributed by atoms with Crippen molar-refractivity contribution in [1.82, 2.24) is 10.6 Å². The molecule has 0 atom stereocenters. The molecule has 4 aliphatic carbocycles. The normalized spacial score (nSPS) is 38.6. The van der Waals surface area contributed by atoms with Crippen LogP contribution in [0.15, 0.2) is 0 Å². The van der Waals surface area contributed by atoms with Gasteiger partial charge in [-0.05, 0) is 70.1 Å². The van der Waals surface area contributed by atoms with E-state index in [0.29, 0.717) is 0 Å². The third kappa shape index (κ3) is 2.38. The summed E-state index contributed by atoms with van der Waals surface area (Å²) in [5, 5.41) is 13.6. The fraction of sp³-hybridized carbons (Fsp3) is 0.867. The van der Waals surface area contributed by atoms with E-state index in [4.69, 9.17) is 11.1 Å². The van der Waals surface area contributed by atoms with E-state index in [9.17, 15) is 4.79 Å². The minimum absolute atomic E-state index is 0.00566. The quantitative estimate of drug-likeness (QED) is 0.469. The monoisotopic (exact) mass is 278 g/mol. The molecule has 0 aliphatic heterocycles. The van der Waals surface area contributed by atoms with Crippen molar-refractivity contribution >= 4 is 11.9 Å². The van der Waals surface area contributed by atoms with Crippen LogP contribution in [0.25, 0.3) is 0 Å². The first-order valence-electron chi connectivity index (χ1n) is 7.73. The molecule has 4 bridgehead atoms. The van der Waals surface area contributed by atoms with Crippen LogP contribution >= 0.6 is 0 Å². The largest absolute Gasteiger partial charge is 0.386 e. The molecule has 4 rings (SSSR count). The average molecular weight is 278 g/mol. The Morgan fingerprint density at radius 2 is 1.60 bits per heavy atom. The maximum Gasteiger partial charge on any atom is 0.316 e. The fourth-order valence-electron chi connectivity index (χ4n) is 4.89. The molecule has 5 N–H and O–H groups in total. The molecular weight excluding hydrogens is 252 g/mol. The highest BCUT2D eigenvalue weighted by Crippen LogP contribution is 2.55. The van der Waals surface area contributed by atoms with Crippen LogP contribution in [-0.2, 0) is 0 Å². The summed E-state index contributed by atoms with van der Waals surface area (Å²) in [6, 6.07) is -0.174. The van der Waals surface area contributed by atoms with Gasteiger partial charge in [0.2, 0.25) is 0 Å². The van der Waals surface area contributed by atoms with Crippen LogP contribution in [0.4, 0.5) is 4.79 Å². The van der Waals surface area contributed by atoms with Gasteiger partial charge < -0.3 is 16.4 Å². The zero-order valence-corrected chi connectivity index (χ0v) is 12.5. The first kappa shape index (κ1) is 13.7. The summed E-state index contributed by atoms with van der Waals surface area (Å²) in [6.07, 6.45) is 7.48. The number of nitrogens with one attached hydrogen (secondary N) is 3. The molecule has 4 fully saturated rings. The van der Waals surface area contributed by atoms with Gasteiger partial charge in [0.1, 0.15) is 5.84 Å². The number of carbonyl (C=O) groups is 1. The molecule has 20 heavy (non-hydrogen) atoms. The number of hydrogen-bond acceptors (Lipinski definition) is 2. The number of nitrogens with two attached hydrogens (primary N) is 1. The van der Waals surface area contributed by atoms with E-state index in [1.54, 1.807) is 13.8 Å². The number of urea groups is 1. The average Bonchev–Trinajstić information content (AvgIpc) is 2.24. The molecule has 0 aromatic carbocycles. The van der Waals surface area contributed by atoms with Gasteiger partial charge in [-0.3, -0.25) is 5.41 Å². The van der Waals surface area contributed by atoms with Gasteiger partial charge >= 0.3 is 6.03 Å². The lowest BCUT2D eigenvalue weighted by atomic mass is 9.53. The molecule has 0 saturated heterocycles. The third-order valence-electron chi connectivity index (χ3n) is 5.52. The summed E-state index contributed by atoms with van der Waals surface area (Å²) >= 11 is 0. The van der Waals surface area contributed by atoms with Crippen LogP contribution in [-0.4, -0.2) is 22.9 Å². The molecule has 112 valence electrons. The molecule has 0 heterocycles. The lowest BCUT2D eigenvalue weighted by Crippen LogP contribution is -2.64. The second kappa shape index (κ2) is 4.37. The highest BCUT2D eigenvalue weighted by Gasteiger charge is 2.51. The van der Waals surface area contributed by atoms with E-state index in [2.05, 4.69) is 10.6 Å². The standard InChI is InChI=1S/C15H26N4O/c1-14(2,12(16)17)18-13(20)19-15-6-9-3-10(7-15)5-11(4-9)8-15/h9-11H,3-8H2,1-2H3,(H3,16,17)(H2,18,19,20). The van der Waals surface area contributed by atoms with E-state index >= 15 is 0 Å². The lowest BCUT2D eigenvalue weighted by molar-refractivity contribution is -0.0137. The summed E-state index contributed by atoms with van der Waals surface area (Å²) in [5.74, 6) is 2.41. The van der Waals surface area contributed by atoms with Crippen LogP contribution < -0.4 is 16.4 Å². The first-order valence-corrected chi connectivity index (χ1v) is 7.73. The van der Waals surface area contributed by atoms with Crippen molar-refractivity contribution in [3.63, 3.8) is 0 Å². The zero-order chi connectivity index (χ0) is 14.5. The molecule has 0 spiro atoms. The second-order valence-corrected chi connectivity index (χ2v) is 7.82. The topological polar surface area (TPSA) is 91.0 Å². The summed E-state index contributed by atoms with van der Waals surface area (Å²) in [6.45, 7) is 3.52. The van der Waals surface area contributed by atoms with Gasteiger partial charge in [-0.15, -0.1) is 0 Å². The van der Waals surface area contributed by atoms with Gasteiger partial charge in [0, 0.05) is 5.54 Å². The van der Waals surface area contributed by atoms with Gasteiger partial charge in [-0.1, -0.05) is 0 Å². The Labute approximate surface area is 120 Å². The van der Waals surface area contributed by atoms with Gasteiger partial charge in [0.25, 0.3) is 0 Å². The van der Waals surface area contributed by atoms with Gasteiger partial charge in [-0.25, -0.2) is 4.79 Å². The van der Waals surface area contributed by atoms with E-state index < -0.39 is 5.54 Å². The van der Waals surface area contributed by atoms with E-state index in [0.717, 1.165) is 37.0 Å². The Kier molecular flexibility index (Phi) is 2.99. The lowest BCUT2D eigenvalue weighted by Gasteiger charge is -2.56. The molecule has 0 radical (unpaired) electrons. The summed E-state index contributed by atoms with van der Waals surface area (Å²) in [4.78, 5) is 12.3. The first-order chi connectivity index (χ1) is 9.28. The molecule has 5 heteroatoms. The van der Waals surface area contributed by atoms with Crippen LogP contribution in [0.3, 0.4) is 0 Å². The Morgan fingerprint density at radius 1 is 1.15 bits per heavy atom. The summed E-state index contributed by atoms with van der Waals surface area (Å²) in [7, 11) is 0. The molecule has 2 amide bonds. The van der Waals surface area contributed by atoms with Crippen molar-refractivity contribution in [2.24, 2.45) is 23.5 Å². The maximum absolute atomic E-state index is 12.3. The van der Waals surface area contributed by atoms with Crippen LogP contribution in [0.2, 0.25) is 0 Å². The van der Waals surface area contributed by atoms with Gasteiger partial charge in [-0.2, -0.15) is 0 Å². The van der Waals surface area contributed by atoms with Crippen molar-refractivity contribution in [2.45, 2.75) is 63.5 Å². The van der Waals surface area contributed by atoms with E-state index in [1.165, 1.54) is 19.3 Å². The number of rotatable bonds is 3. The Bertz CT molecular complexity index is 408. The molecule has 5 nitrogen and oxygen atoms in total. The zero-order valence-electron chi connectivity index (χ0n) is 12.5. The van der Waals surface area contributed by atoms with Crippen molar-refractivity contribution < 1.29 is 4.79 Å². The van der Waals surface area contributed by atoms with Crippen LogP contribution in [0.1, 0.15) is 52.4 Å². The van der Waals surface area contributed by atoms with Crippen molar-refractivity contribution in [3.8, 4) is 0 Å². The predicted molar refractivity (Wildman–Crippen MR) is 78.6 cm³/mol. The minimum Gasteiger partial charge on any atom is -0.386 e. The molecule has 0 aromatic heterocycles. The second-order valence-electron chi connectivity index (χ2n) is 7.82. The smallest absolute Gasteiger partial charge is 0.316 e. The van der Waals surface area contributed by atoms with Crippen molar-refractivity contribution in [1.29, 1.82) is 5.41 Å². The highest BCUT2D eigenvalue weighted by molar-refractivity contribution is 5.91. The number of carbonyl (C=O) groups excluding carboxylic acids is 1. The number of amidine groups is 1. The molecule has 0 unspecified atom stereocenters. The van der Waals surface area contributed by atoms with E-state index in [-0.39, 0.29) is 17.4 Å². The fourth-order valence-corrected chi connectivity index (χ4v) is 4.89. The Hall–Kier alpha value is -1.26. The maximum atomic E-state index is 12.3. The number of amides is 2. The van der Waals surface area contributed by atoms with Crippen molar-refractivity contribution in [2.75, 3.05) is 0 Å². The Morgan fingerprint density at radius 3 is 2.00 bits per heavy atom. The highest BCUT2D eigenvalue weighted by atomic mass is 16.2. The minimum atomic E-state index is -0.785. The van der Waals surface area contributed by atoms with Gasteiger partial charge in [0.15, 0.2) is 0 Å². The third-order valence-corrected chi connectivity index (χ3v) is 5.52. The predicted octanol–water partition coefficient (Wildman–Crippen LogP) is 1.97. The molecule has 4 saturated carbocycles. The van der Waals surface area contributed by atoms with Crippen LogP contribution in [0.5, 0.6) is 0 Å². The SMILES string of the molecule is CC(C)(NC(=O)NC12CC3CC(CC(C3)C1)C2)C(=N)N. The molecule has 4 aliphatic rings. The van der Waals surface area contributed by atoms with Crippen molar-refractivity contribution in [3.05, 3.63) is 0 Å². The molecule has 0 aromatic rings. The van der Waals surface area contributed by atoms with E-state index in [1.807, 2.05) is 0 Å². The summed E-state index contributed by atoms with van der Waals surface area (Å²) in [5.41, 5.74) is 4.74. The number of hydrogen-bond donors (Lipinski definition) is 4. The van der Waals surface area contributed by atoms with Gasteiger partial charge in [0.05, 0.1) is 5.54 Å². The Balaban J connectivity index is 1.66. The molecular formula is C15H26N4O. The van der Waals surface area contributed by atoms with Crippen LogP contribution in [0, 0.1) is 23.2 Å². The summed E-state index contributed by atoms with van der Waals surface area (Å²) < 4.78 is 0.